The van der Waals surface area contributed by atoms with E-state index in [0.29, 0.717) is 28.2 Å². The van der Waals surface area contributed by atoms with Gasteiger partial charge in [0.1, 0.15) is 11.3 Å². The third-order valence-corrected chi connectivity index (χ3v) is 5.43. The number of amides is 2. The van der Waals surface area contributed by atoms with E-state index in [1.807, 2.05) is 30.3 Å². The molecule has 2 N–H and O–H groups in total. The average Bonchev–Trinajstić information content (AvgIpc) is 3.32. The molecule has 0 atom stereocenters. The molecule has 2 aromatic heterocycles. The van der Waals surface area contributed by atoms with E-state index < -0.39 is 5.91 Å². The molecular formula is C24H24N6O4. The summed E-state index contributed by atoms with van der Waals surface area (Å²) in [6.45, 7) is 1.77. The number of hydrogen-bond donors (Lipinski definition) is 2. The monoisotopic (exact) mass is 460 g/mol. The van der Waals surface area contributed by atoms with Gasteiger partial charge < -0.3 is 15.4 Å². The van der Waals surface area contributed by atoms with Crippen molar-refractivity contribution in [2.75, 3.05) is 17.7 Å². The summed E-state index contributed by atoms with van der Waals surface area (Å²) in [7, 11) is 4.89. The first-order chi connectivity index (χ1) is 16.3. The van der Waals surface area contributed by atoms with E-state index in [1.165, 1.54) is 16.5 Å². The molecular weight excluding hydrogens is 436 g/mol. The van der Waals surface area contributed by atoms with Crippen LogP contribution in [0.4, 0.5) is 11.4 Å². The van der Waals surface area contributed by atoms with Gasteiger partial charge in [0.25, 0.3) is 17.4 Å². The van der Waals surface area contributed by atoms with Gasteiger partial charge in [-0.3, -0.25) is 23.7 Å². The number of para-hydroxylation sites is 1. The molecule has 2 amide bonds. The van der Waals surface area contributed by atoms with Gasteiger partial charge in [-0.25, -0.2) is 4.68 Å². The topological polar surface area (TPSA) is 112 Å². The normalized spacial score (nSPS) is 10.7. The number of carbonyl (C=O) groups excluding carboxylic acids is 2. The first-order valence-electron chi connectivity index (χ1n) is 10.4. The number of carbonyl (C=O) groups is 2. The standard InChI is InChI=1S/C24H24N6O4/c1-15-20(24(33)30(29(15)3)18-8-6-5-7-9-18)26-21(31)16-10-12-17(13-11-16)25-22(32)19-14-28(2)27-23(19)34-4/h5-14H,1-4H3,(H,25,32)(H,26,31). The summed E-state index contributed by atoms with van der Waals surface area (Å²) in [5.74, 6) is -0.600. The maximum Gasteiger partial charge on any atom is 0.295 e. The summed E-state index contributed by atoms with van der Waals surface area (Å²) >= 11 is 0. The van der Waals surface area contributed by atoms with Gasteiger partial charge in [0.2, 0.25) is 5.88 Å². The fraction of sp³-hybridized carbons (Fsp3) is 0.167. The van der Waals surface area contributed by atoms with Crippen LogP contribution in [0, 0.1) is 6.92 Å². The fourth-order valence-electron chi connectivity index (χ4n) is 3.58. The summed E-state index contributed by atoms with van der Waals surface area (Å²) in [4.78, 5) is 38.4. The first kappa shape index (κ1) is 22.6. The van der Waals surface area contributed by atoms with Crippen molar-refractivity contribution in [3.8, 4) is 11.6 Å². The van der Waals surface area contributed by atoms with Crippen molar-refractivity contribution in [2.45, 2.75) is 6.92 Å². The van der Waals surface area contributed by atoms with E-state index in [4.69, 9.17) is 4.74 Å². The van der Waals surface area contributed by atoms with Crippen LogP contribution >= 0.6 is 0 Å². The molecule has 34 heavy (non-hydrogen) atoms. The largest absolute Gasteiger partial charge is 0.479 e. The molecule has 0 saturated heterocycles. The zero-order chi connectivity index (χ0) is 24.4. The molecule has 0 fully saturated rings. The second-order valence-corrected chi connectivity index (χ2v) is 7.65. The van der Waals surface area contributed by atoms with Gasteiger partial charge in [-0.05, 0) is 43.3 Å². The molecule has 10 nitrogen and oxygen atoms in total. The van der Waals surface area contributed by atoms with Crippen molar-refractivity contribution in [3.05, 3.63) is 88.0 Å². The maximum absolute atomic E-state index is 13.0. The van der Waals surface area contributed by atoms with Crippen LogP contribution in [0.3, 0.4) is 0 Å². The molecule has 2 aromatic carbocycles. The second-order valence-electron chi connectivity index (χ2n) is 7.65. The number of aryl methyl sites for hydroxylation is 1. The van der Waals surface area contributed by atoms with E-state index in [-0.39, 0.29) is 23.0 Å². The number of methoxy groups -OCH3 is 1. The number of aromatic nitrogens is 4. The van der Waals surface area contributed by atoms with Crippen molar-refractivity contribution >= 4 is 23.2 Å². The van der Waals surface area contributed by atoms with Gasteiger partial charge in [0, 0.05) is 31.5 Å². The Labute approximate surface area is 195 Å². The highest BCUT2D eigenvalue weighted by atomic mass is 16.5. The van der Waals surface area contributed by atoms with E-state index in [9.17, 15) is 14.4 Å². The van der Waals surface area contributed by atoms with Crippen molar-refractivity contribution in [1.29, 1.82) is 0 Å². The second kappa shape index (κ2) is 9.10. The van der Waals surface area contributed by atoms with Crippen LogP contribution in [-0.4, -0.2) is 38.1 Å². The third-order valence-electron chi connectivity index (χ3n) is 5.43. The molecule has 4 aromatic rings. The van der Waals surface area contributed by atoms with Gasteiger partial charge in [-0.1, -0.05) is 18.2 Å². The molecule has 10 heteroatoms. The Bertz CT molecular complexity index is 1410. The third kappa shape index (κ3) is 4.20. The minimum atomic E-state index is -0.433. The molecule has 0 saturated carbocycles. The number of nitrogens with one attached hydrogen (secondary N) is 2. The van der Waals surface area contributed by atoms with Crippen molar-refractivity contribution in [1.82, 2.24) is 19.1 Å². The highest BCUT2D eigenvalue weighted by Gasteiger charge is 2.19. The number of nitrogens with zero attached hydrogens (tertiary/aromatic N) is 4. The first-order valence-corrected chi connectivity index (χ1v) is 10.4. The highest BCUT2D eigenvalue weighted by Crippen LogP contribution is 2.19. The molecule has 0 unspecified atom stereocenters. The Morgan fingerprint density at radius 3 is 2.26 bits per heavy atom. The lowest BCUT2D eigenvalue weighted by molar-refractivity contribution is 0.101. The molecule has 2 heterocycles. The van der Waals surface area contributed by atoms with Crippen LogP contribution in [-0.2, 0) is 14.1 Å². The molecule has 0 aliphatic carbocycles. The Balaban J connectivity index is 1.51. The molecule has 0 radical (unpaired) electrons. The van der Waals surface area contributed by atoms with E-state index >= 15 is 0 Å². The van der Waals surface area contributed by atoms with Gasteiger partial charge in [-0.2, -0.15) is 0 Å². The molecule has 0 aliphatic rings. The van der Waals surface area contributed by atoms with Crippen LogP contribution < -0.4 is 20.9 Å². The van der Waals surface area contributed by atoms with Crippen molar-refractivity contribution in [2.24, 2.45) is 14.1 Å². The van der Waals surface area contributed by atoms with E-state index in [0.717, 1.165) is 0 Å². The quantitative estimate of drug-likeness (QED) is 0.460. The molecule has 0 bridgehead atoms. The van der Waals surface area contributed by atoms with Crippen LogP contribution in [0.2, 0.25) is 0 Å². The Morgan fingerprint density at radius 2 is 1.62 bits per heavy atom. The number of ether oxygens (including phenoxy) is 1. The lowest BCUT2D eigenvalue weighted by Gasteiger charge is -2.07. The van der Waals surface area contributed by atoms with E-state index in [2.05, 4.69) is 15.7 Å². The maximum atomic E-state index is 13.0. The molecule has 0 aliphatic heterocycles. The number of rotatable bonds is 6. The number of hydrogen-bond acceptors (Lipinski definition) is 5. The lowest BCUT2D eigenvalue weighted by atomic mass is 10.2. The SMILES string of the molecule is COc1nn(C)cc1C(=O)Nc1ccc(C(=O)Nc2c(C)n(C)n(-c3ccccc3)c2=O)cc1. The Morgan fingerprint density at radius 1 is 0.941 bits per heavy atom. The van der Waals surface area contributed by atoms with Gasteiger partial charge in [0.15, 0.2) is 0 Å². The zero-order valence-electron chi connectivity index (χ0n) is 19.2. The minimum absolute atomic E-state index is 0.206. The van der Waals surface area contributed by atoms with Crippen LogP contribution in [0.25, 0.3) is 5.69 Å². The van der Waals surface area contributed by atoms with E-state index in [1.54, 1.807) is 56.2 Å². The average molecular weight is 460 g/mol. The van der Waals surface area contributed by atoms with Crippen LogP contribution in [0.1, 0.15) is 26.4 Å². The van der Waals surface area contributed by atoms with Gasteiger partial charge in [0.05, 0.1) is 18.5 Å². The van der Waals surface area contributed by atoms with Crippen LogP contribution in [0.15, 0.2) is 65.6 Å². The summed E-state index contributed by atoms with van der Waals surface area (Å²) < 4.78 is 9.79. The van der Waals surface area contributed by atoms with Crippen LogP contribution in [0.5, 0.6) is 5.88 Å². The Hall–Kier alpha value is -4.60. The summed E-state index contributed by atoms with van der Waals surface area (Å²) in [5.41, 5.74) is 2.33. The minimum Gasteiger partial charge on any atom is -0.479 e. The Kier molecular flexibility index (Phi) is 6.05. The smallest absolute Gasteiger partial charge is 0.295 e. The highest BCUT2D eigenvalue weighted by molar-refractivity contribution is 6.07. The van der Waals surface area contributed by atoms with Crippen molar-refractivity contribution < 1.29 is 14.3 Å². The predicted molar refractivity (Wildman–Crippen MR) is 128 cm³/mol. The zero-order valence-corrected chi connectivity index (χ0v) is 19.2. The molecule has 0 spiro atoms. The lowest BCUT2D eigenvalue weighted by Crippen LogP contribution is -2.23. The summed E-state index contributed by atoms with van der Waals surface area (Å²) in [5, 5.41) is 9.53. The fourth-order valence-corrected chi connectivity index (χ4v) is 3.58. The molecule has 4 rings (SSSR count). The number of anilines is 2. The molecule has 174 valence electrons. The number of benzene rings is 2. The summed E-state index contributed by atoms with van der Waals surface area (Å²) in [6, 6.07) is 15.5. The van der Waals surface area contributed by atoms with Crippen molar-refractivity contribution in [3.63, 3.8) is 0 Å². The van der Waals surface area contributed by atoms with Gasteiger partial charge in [-0.15, -0.1) is 5.10 Å². The predicted octanol–water partition coefficient (Wildman–Crippen LogP) is 2.73. The summed E-state index contributed by atoms with van der Waals surface area (Å²) in [6.07, 6.45) is 1.56. The van der Waals surface area contributed by atoms with Gasteiger partial charge >= 0.3 is 0 Å².